The number of hydrogen-bond acceptors (Lipinski definition) is 6. The van der Waals surface area contributed by atoms with Crippen molar-refractivity contribution >= 4 is 20.2 Å². The summed E-state index contributed by atoms with van der Waals surface area (Å²) >= 11 is 0. The van der Waals surface area contributed by atoms with Gasteiger partial charge in [-0.1, -0.05) is 42.0 Å². The van der Waals surface area contributed by atoms with Crippen molar-refractivity contribution in [1.82, 2.24) is 0 Å². The maximum Gasteiger partial charge on any atom is 0.524 e. The number of benzene rings is 2. The molecule has 8 aliphatic rings. The Morgan fingerprint density at radius 3 is 1.08 bits per heavy atom. The normalized spacial score (nSPS) is 34.5. The summed E-state index contributed by atoms with van der Waals surface area (Å²) in [5.41, 5.74) is -6.91. The van der Waals surface area contributed by atoms with Crippen molar-refractivity contribution in [2.24, 2.45) is 35.5 Å². The van der Waals surface area contributed by atoms with Gasteiger partial charge in [-0.05, 0) is 154 Å². The molecule has 2 aromatic carbocycles. The summed E-state index contributed by atoms with van der Waals surface area (Å²) in [5.74, 6) is 6.56. The van der Waals surface area contributed by atoms with E-state index in [0.29, 0.717) is 16.6 Å². The molecule has 14 heteroatoms. The molecule has 8 fully saturated rings. The highest BCUT2D eigenvalue weighted by Crippen LogP contribution is 2.62. The van der Waals surface area contributed by atoms with Gasteiger partial charge in [-0.15, -0.1) is 3.63 Å². The van der Waals surface area contributed by atoms with E-state index in [-0.39, 0.29) is 0 Å². The number of aromatic hydroxyl groups is 1. The van der Waals surface area contributed by atoms with Crippen LogP contribution in [0.1, 0.15) is 93.7 Å². The maximum absolute atomic E-state index is 11.4. The molecule has 6 nitrogen and oxygen atoms in total. The van der Waals surface area contributed by atoms with Crippen LogP contribution in [0.5, 0.6) is 5.75 Å². The first-order chi connectivity index (χ1) is 22.7. The van der Waals surface area contributed by atoms with E-state index >= 15 is 0 Å². The van der Waals surface area contributed by atoms with Crippen LogP contribution in [0.4, 0.5) is 26.3 Å². The van der Waals surface area contributed by atoms with E-state index in [0.717, 1.165) is 35.5 Å². The molecule has 0 saturated heterocycles. The number of aryl methyl sites for hydroxylation is 1. The van der Waals surface area contributed by atoms with Gasteiger partial charge >= 0.3 is 31.3 Å². The molecule has 0 aliphatic heterocycles. The van der Waals surface area contributed by atoms with Gasteiger partial charge in [0.2, 0.25) is 0 Å². The van der Waals surface area contributed by atoms with Crippen LogP contribution in [0.3, 0.4) is 0 Å². The lowest BCUT2D eigenvalue weighted by Crippen LogP contribution is -2.48. The number of rotatable bonds is 4. The Labute approximate surface area is 283 Å². The summed E-state index contributed by atoms with van der Waals surface area (Å²) in [6, 6.07) is 17.5. The monoisotopic (exact) mass is 736 g/mol. The Balaban J connectivity index is 0.000000128. The van der Waals surface area contributed by atoms with Crippen LogP contribution in [0.15, 0.2) is 48.5 Å². The second-order valence-corrected chi connectivity index (χ2v) is 19.0. The first kappa shape index (κ1) is 36.5. The van der Waals surface area contributed by atoms with E-state index < -0.39 is 31.3 Å². The first-order valence-electron chi connectivity index (χ1n) is 16.9. The molecule has 0 atom stereocenters. The van der Waals surface area contributed by atoms with Crippen LogP contribution in [-0.4, -0.2) is 33.0 Å². The Hall–Kier alpha value is -2.32. The number of hydrogen-bond donors (Lipinski definition) is 1. The van der Waals surface area contributed by atoms with Crippen molar-refractivity contribution in [3.05, 3.63) is 65.2 Å². The Morgan fingerprint density at radius 1 is 0.551 bits per heavy atom. The van der Waals surface area contributed by atoms with E-state index in [1.807, 2.05) is 15.8 Å². The lowest BCUT2D eigenvalue weighted by molar-refractivity contribution is -0.0585. The molecule has 2 aromatic rings. The highest BCUT2D eigenvalue weighted by atomic mass is 32.3. The number of phenols is 1. The third-order valence-electron chi connectivity index (χ3n) is 12.0. The molecular formula is C35H42F6O6S2. The van der Waals surface area contributed by atoms with Crippen molar-refractivity contribution in [2.75, 3.05) is 0 Å². The van der Waals surface area contributed by atoms with Gasteiger partial charge in [0, 0.05) is 0 Å². The quantitative estimate of drug-likeness (QED) is 0.249. The fourth-order valence-electron chi connectivity index (χ4n) is 10.8. The fraction of sp³-hybridized carbons (Fsp3) is 0.657. The predicted molar refractivity (Wildman–Crippen MR) is 170 cm³/mol. The van der Waals surface area contributed by atoms with Crippen molar-refractivity contribution in [2.45, 2.75) is 106 Å². The van der Waals surface area contributed by atoms with Gasteiger partial charge in [-0.25, -0.2) is 0 Å². The SMILES string of the molecule is Cc1ccc(C23CC4CC(CC(C4)C2)C3)cc1.O=S(=O)(OS(=O)(=O)C(F)(F)F)C(F)(F)F.Oc1ccc(C23CC4CC(CC(C4)C2)C3)cc1. The molecule has 0 amide bonds. The average molecular weight is 737 g/mol. The van der Waals surface area contributed by atoms with Crippen molar-refractivity contribution in [1.29, 1.82) is 0 Å². The van der Waals surface area contributed by atoms with Crippen molar-refractivity contribution < 1.29 is 51.9 Å². The van der Waals surface area contributed by atoms with Crippen LogP contribution in [0.25, 0.3) is 0 Å². The minimum atomic E-state index is -6.85. The zero-order chi connectivity index (χ0) is 35.6. The molecule has 8 bridgehead atoms. The summed E-state index contributed by atoms with van der Waals surface area (Å²) in [5, 5.41) is 9.44. The van der Waals surface area contributed by atoms with Crippen LogP contribution in [-0.2, 0) is 34.7 Å². The zero-order valence-electron chi connectivity index (χ0n) is 27.1. The third-order valence-corrected chi connectivity index (χ3v) is 14.5. The van der Waals surface area contributed by atoms with Gasteiger partial charge in [0.25, 0.3) is 0 Å². The summed E-state index contributed by atoms with van der Waals surface area (Å²) in [4.78, 5) is 0. The average Bonchev–Trinajstić information content (AvgIpc) is 2.95. The lowest BCUT2D eigenvalue weighted by atomic mass is 9.48. The van der Waals surface area contributed by atoms with Gasteiger partial charge in [-0.3, -0.25) is 0 Å². The molecule has 49 heavy (non-hydrogen) atoms. The first-order valence-corrected chi connectivity index (χ1v) is 19.7. The highest BCUT2D eigenvalue weighted by Gasteiger charge is 2.57. The number of halogens is 6. The van der Waals surface area contributed by atoms with Gasteiger partial charge in [-0.2, -0.15) is 43.2 Å². The lowest BCUT2D eigenvalue weighted by Gasteiger charge is -2.57. The number of alkyl halides is 6. The standard InChI is InChI=1S/C17H22.C16H20O.C2F6O5S2/c1-12-2-4-16(5-3-12)17-9-13-6-14(10-17)8-15(7-13)11-17;17-15-3-1-14(2-4-15)16-8-11-5-12(9-16)7-13(6-11)10-16;3-1(4,5)14(9,10)13-15(11,12)2(6,7)8/h2-5,13-15H,6-11H2,1H3;1-4,11-13,17H,5-10H2;. The molecule has 8 saturated carbocycles. The summed E-state index contributed by atoms with van der Waals surface area (Å²) in [6.07, 6.45) is 17.8. The molecule has 272 valence electrons. The number of phenolic OH excluding ortho intramolecular Hbond substituents is 1. The molecule has 0 unspecified atom stereocenters. The van der Waals surface area contributed by atoms with Crippen LogP contribution >= 0.6 is 0 Å². The molecule has 8 aliphatic carbocycles. The van der Waals surface area contributed by atoms with Gasteiger partial charge < -0.3 is 5.11 Å². The van der Waals surface area contributed by atoms with Crippen molar-refractivity contribution in [3.63, 3.8) is 0 Å². The predicted octanol–water partition coefficient (Wildman–Crippen LogP) is 9.03. The molecule has 10 rings (SSSR count). The van der Waals surface area contributed by atoms with Crippen LogP contribution in [0, 0.1) is 42.4 Å². The molecule has 0 heterocycles. The second kappa shape index (κ2) is 12.7. The topological polar surface area (TPSA) is 97.7 Å². The van der Waals surface area contributed by atoms with E-state index in [1.165, 1.54) is 68.9 Å². The largest absolute Gasteiger partial charge is 0.524 e. The fourth-order valence-corrected chi connectivity index (χ4v) is 12.4. The highest BCUT2D eigenvalue weighted by molar-refractivity contribution is 8.00. The van der Waals surface area contributed by atoms with Gasteiger partial charge in [0.1, 0.15) is 5.75 Å². The third kappa shape index (κ3) is 7.52. The van der Waals surface area contributed by atoms with Gasteiger partial charge in [0.05, 0.1) is 0 Å². The molecular weight excluding hydrogens is 695 g/mol. The van der Waals surface area contributed by atoms with Crippen LogP contribution in [0.2, 0.25) is 0 Å². The minimum absolute atomic E-state index is 0.401. The summed E-state index contributed by atoms with van der Waals surface area (Å²) < 4.78 is 110. The summed E-state index contributed by atoms with van der Waals surface area (Å²) in [6.45, 7) is 2.20. The minimum Gasteiger partial charge on any atom is -0.508 e. The zero-order valence-corrected chi connectivity index (χ0v) is 28.8. The molecule has 0 radical (unpaired) electrons. The molecule has 0 spiro atoms. The Bertz CT molecular complexity index is 1520. The van der Waals surface area contributed by atoms with E-state index in [1.54, 1.807) is 24.8 Å². The van der Waals surface area contributed by atoms with Gasteiger partial charge in [0.15, 0.2) is 0 Å². The smallest absolute Gasteiger partial charge is 0.508 e. The second-order valence-electron chi connectivity index (χ2n) is 15.7. The van der Waals surface area contributed by atoms with E-state index in [9.17, 15) is 48.3 Å². The van der Waals surface area contributed by atoms with E-state index in [4.69, 9.17) is 0 Å². The van der Waals surface area contributed by atoms with Crippen molar-refractivity contribution in [3.8, 4) is 5.75 Å². The Kier molecular flexibility index (Phi) is 9.47. The van der Waals surface area contributed by atoms with Crippen LogP contribution < -0.4 is 0 Å². The summed E-state index contributed by atoms with van der Waals surface area (Å²) in [7, 11) is -13.7. The van der Waals surface area contributed by atoms with E-state index in [2.05, 4.69) is 43.3 Å². The molecule has 0 aromatic heterocycles. The maximum atomic E-state index is 11.4. The Morgan fingerprint density at radius 2 is 0.816 bits per heavy atom. The molecule has 1 N–H and O–H groups in total.